The first-order valence-electron chi connectivity index (χ1n) is 7.15. The first-order valence-corrected chi connectivity index (χ1v) is 7.15. The highest BCUT2D eigenvalue weighted by atomic mass is 19.1. The Hall–Kier alpha value is -0.930. The molecular weight excluding hydrogens is 239 g/mol. The summed E-state index contributed by atoms with van der Waals surface area (Å²) in [4.78, 5) is 2.51. The zero-order chi connectivity index (χ0) is 13.9. The molecule has 1 atom stereocenters. The maximum Gasteiger partial charge on any atom is 0.123 e. The third-order valence-corrected chi connectivity index (χ3v) is 3.93. The standard InChI is InChI=1S/C16H25FN2/c1-16(2,3)15-12-19(11-9-18-15)10-8-13-4-6-14(17)7-5-13/h4-7,15,18H,8-12H2,1-3H3. The fourth-order valence-electron chi connectivity index (χ4n) is 2.53. The van der Waals surface area contributed by atoms with Crippen LogP contribution in [0.3, 0.4) is 0 Å². The van der Waals surface area contributed by atoms with Gasteiger partial charge in [0.1, 0.15) is 5.82 Å². The lowest BCUT2D eigenvalue weighted by Crippen LogP contribution is -2.56. The van der Waals surface area contributed by atoms with E-state index in [2.05, 4.69) is 31.0 Å². The molecule has 0 aliphatic carbocycles. The third-order valence-electron chi connectivity index (χ3n) is 3.93. The van der Waals surface area contributed by atoms with Crippen LogP contribution in [0.15, 0.2) is 24.3 Å². The monoisotopic (exact) mass is 264 g/mol. The molecule has 3 heteroatoms. The predicted molar refractivity (Wildman–Crippen MR) is 77.8 cm³/mol. The largest absolute Gasteiger partial charge is 0.311 e. The van der Waals surface area contributed by atoms with Crippen LogP contribution in [0.1, 0.15) is 26.3 Å². The zero-order valence-corrected chi connectivity index (χ0v) is 12.2. The van der Waals surface area contributed by atoms with Gasteiger partial charge in [-0.15, -0.1) is 0 Å². The average Bonchev–Trinajstić information content (AvgIpc) is 2.37. The molecule has 1 aliphatic rings. The second-order valence-corrected chi connectivity index (χ2v) is 6.55. The highest BCUT2D eigenvalue weighted by molar-refractivity contribution is 5.16. The lowest BCUT2D eigenvalue weighted by molar-refractivity contribution is 0.135. The van der Waals surface area contributed by atoms with Gasteiger partial charge in [-0.2, -0.15) is 0 Å². The number of benzene rings is 1. The molecule has 1 heterocycles. The molecule has 1 aromatic rings. The summed E-state index contributed by atoms with van der Waals surface area (Å²) in [6, 6.07) is 7.42. The Morgan fingerprint density at radius 1 is 1.26 bits per heavy atom. The second kappa shape index (κ2) is 6.02. The Balaban J connectivity index is 1.84. The van der Waals surface area contributed by atoms with Crippen molar-refractivity contribution in [2.24, 2.45) is 5.41 Å². The third kappa shape index (κ3) is 4.29. The summed E-state index contributed by atoms with van der Waals surface area (Å²) in [5.74, 6) is -0.154. The first-order chi connectivity index (χ1) is 8.95. The number of nitrogens with zero attached hydrogens (tertiary/aromatic N) is 1. The summed E-state index contributed by atoms with van der Waals surface area (Å²) in [5, 5.41) is 3.60. The van der Waals surface area contributed by atoms with Crippen LogP contribution in [-0.4, -0.2) is 37.1 Å². The minimum atomic E-state index is -0.154. The van der Waals surface area contributed by atoms with E-state index in [-0.39, 0.29) is 5.82 Å². The fraction of sp³-hybridized carbons (Fsp3) is 0.625. The maximum absolute atomic E-state index is 12.8. The number of hydrogen-bond donors (Lipinski definition) is 1. The van der Waals surface area contributed by atoms with E-state index >= 15 is 0 Å². The lowest BCUT2D eigenvalue weighted by atomic mass is 9.85. The van der Waals surface area contributed by atoms with Crippen molar-refractivity contribution in [2.75, 3.05) is 26.2 Å². The number of rotatable bonds is 3. The van der Waals surface area contributed by atoms with E-state index in [1.807, 2.05) is 12.1 Å². The van der Waals surface area contributed by atoms with Gasteiger partial charge >= 0.3 is 0 Å². The normalized spacial score (nSPS) is 21.6. The number of nitrogens with one attached hydrogen (secondary N) is 1. The van der Waals surface area contributed by atoms with Crippen LogP contribution >= 0.6 is 0 Å². The van der Waals surface area contributed by atoms with E-state index < -0.39 is 0 Å². The Labute approximate surface area is 116 Å². The molecule has 1 unspecified atom stereocenters. The van der Waals surface area contributed by atoms with Gasteiger partial charge in [0.25, 0.3) is 0 Å². The van der Waals surface area contributed by atoms with Crippen molar-refractivity contribution in [3.8, 4) is 0 Å². The molecule has 1 fully saturated rings. The molecule has 0 aromatic heterocycles. The van der Waals surface area contributed by atoms with Gasteiger partial charge in [0.15, 0.2) is 0 Å². The summed E-state index contributed by atoms with van der Waals surface area (Å²) in [6.45, 7) is 11.2. The molecular formula is C16H25FN2. The molecule has 106 valence electrons. The van der Waals surface area contributed by atoms with Gasteiger partial charge in [-0.05, 0) is 29.5 Å². The van der Waals surface area contributed by atoms with Crippen molar-refractivity contribution < 1.29 is 4.39 Å². The van der Waals surface area contributed by atoms with Crippen molar-refractivity contribution >= 4 is 0 Å². The molecule has 19 heavy (non-hydrogen) atoms. The SMILES string of the molecule is CC(C)(C)C1CN(CCc2ccc(F)cc2)CCN1. The molecule has 2 rings (SSSR count). The van der Waals surface area contributed by atoms with Crippen molar-refractivity contribution in [3.05, 3.63) is 35.6 Å². The van der Waals surface area contributed by atoms with Gasteiger partial charge in [-0.3, -0.25) is 0 Å². The smallest absolute Gasteiger partial charge is 0.123 e. The number of halogens is 1. The van der Waals surface area contributed by atoms with E-state index in [1.54, 1.807) is 12.1 Å². The summed E-state index contributed by atoms with van der Waals surface area (Å²) < 4.78 is 12.8. The van der Waals surface area contributed by atoms with Crippen molar-refractivity contribution in [1.82, 2.24) is 10.2 Å². The maximum atomic E-state index is 12.8. The zero-order valence-electron chi connectivity index (χ0n) is 12.2. The highest BCUT2D eigenvalue weighted by Crippen LogP contribution is 2.21. The van der Waals surface area contributed by atoms with E-state index in [0.717, 1.165) is 32.6 Å². The van der Waals surface area contributed by atoms with E-state index in [4.69, 9.17) is 0 Å². The first kappa shape index (κ1) is 14.5. The van der Waals surface area contributed by atoms with Crippen LogP contribution in [0.5, 0.6) is 0 Å². The molecule has 0 saturated carbocycles. The van der Waals surface area contributed by atoms with E-state index in [9.17, 15) is 4.39 Å². The van der Waals surface area contributed by atoms with Gasteiger partial charge in [-0.25, -0.2) is 4.39 Å². The minimum Gasteiger partial charge on any atom is -0.311 e. The van der Waals surface area contributed by atoms with Crippen LogP contribution in [0.2, 0.25) is 0 Å². The van der Waals surface area contributed by atoms with Crippen LogP contribution in [0, 0.1) is 11.2 Å². The van der Waals surface area contributed by atoms with Crippen molar-refractivity contribution in [3.63, 3.8) is 0 Å². The molecule has 0 amide bonds. The Kier molecular flexibility index (Phi) is 4.58. The van der Waals surface area contributed by atoms with Gasteiger partial charge in [0, 0.05) is 32.2 Å². The summed E-state index contributed by atoms with van der Waals surface area (Å²) in [7, 11) is 0. The van der Waals surface area contributed by atoms with Crippen LogP contribution < -0.4 is 5.32 Å². The molecule has 1 aromatic carbocycles. The average molecular weight is 264 g/mol. The number of hydrogen-bond acceptors (Lipinski definition) is 2. The molecule has 1 aliphatic heterocycles. The highest BCUT2D eigenvalue weighted by Gasteiger charge is 2.28. The lowest BCUT2D eigenvalue weighted by Gasteiger charge is -2.40. The summed E-state index contributed by atoms with van der Waals surface area (Å²) >= 11 is 0. The summed E-state index contributed by atoms with van der Waals surface area (Å²) in [5.41, 5.74) is 1.52. The quantitative estimate of drug-likeness (QED) is 0.903. The molecule has 1 saturated heterocycles. The van der Waals surface area contributed by atoms with Crippen LogP contribution in [-0.2, 0) is 6.42 Å². The minimum absolute atomic E-state index is 0.154. The molecule has 1 N–H and O–H groups in total. The van der Waals surface area contributed by atoms with Crippen molar-refractivity contribution in [2.45, 2.75) is 33.2 Å². The van der Waals surface area contributed by atoms with E-state index in [0.29, 0.717) is 11.5 Å². The fourth-order valence-corrected chi connectivity index (χ4v) is 2.53. The number of piperazine rings is 1. The topological polar surface area (TPSA) is 15.3 Å². The Bertz CT molecular complexity index is 394. The van der Waals surface area contributed by atoms with Crippen LogP contribution in [0.4, 0.5) is 4.39 Å². The second-order valence-electron chi connectivity index (χ2n) is 6.55. The van der Waals surface area contributed by atoms with Gasteiger partial charge < -0.3 is 10.2 Å². The molecule has 2 nitrogen and oxygen atoms in total. The Morgan fingerprint density at radius 3 is 2.58 bits per heavy atom. The van der Waals surface area contributed by atoms with Crippen LogP contribution in [0.25, 0.3) is 0 Å². The molecule has 0 spiro atoms. The summed E-state index contributed by atoms with van der Waals surface area (Å²) in [6.07, 6.45) is 0.997. The van der Waals surface area contributed by atoms with Gasteiger partial charge in [0.2, 0.25) is 0 Å². The van der Waals surface area contributed by atoms with Gasteiger partial charge in [0.05, 0.1) is 0 Å². The van der Waals surface area contributed by atoms with E-state index in [1.165, 1.54) is 5.56 Å². The van der Waals surface area contributed by atoms with Crippen molar-refractivity contribution in [1.29, 1.82) is 0 Å². The molecule has 0 bridgehead atoms. The van der Waals surface area contributed by atoms with Gasteiger partial charge in [-0.1, -0.05) is 32.9 Å². The molecule has 0 radical (unpaired) electrons. The Morgan fingerprint density at radius 2 is 1.95 bits per heavy atom. The predicted octanol–water partition coefficient (Wildman–Crippen LogP) is 2.69.